The topological polar surface area (TPSA) is 75.6 Å². The number of aromatic nitrogens is 4. The lowest BCUT2D eigenvalue weighted by Crippen LogP contribution is -2.26. The number of hydrogen-bond acceptors (Lipinski definition) is 4. The van der Waals surface area contributed by atoms with E-state index >= 15 is 0 Å². The van der Waals surface area contributed by atoms with E-state index in [1.165, 1.54) is 22.9 Å². The van der Waals surface area contributed by atoms with Gasteiger partial charge in [-0.25, -0.2) is 14.6 Å². The lowest BCUT2D eigenvalue weighted by atomic mass is 10.2. The van der Waals surface area contributed by atoms with Crippen LogP contribution in [0.3, 0.4) is 0 Å². The number of imidazole rings is 1. The highest BCUT2D eigenvalue weighted by molar-refractivity contribution is 6.27. The van der Waals surface area contributed by atoms with Gasteiger partial charge in [0.25, 0.3) is 5.56 Å². The second kappa shape index (κ2) is 5.18. The zero-order chi connectivity index (χ0) is 13.9. The molecule has 100 valence electrons. The number of nitrogens with zero attached hydrogens (tertiary/aromatic N) is 3. The van der Waals surface area contributed by atoms with Crippen molar-refractivity contribution in [2.24, 2.45) is 0 Å². The molecule has 2 N–H and O–H groups in total. The quantitative estimate of drug-likeness (QED) is 0.774. The number of halogens is 1. The summed E-state index contributed by atoms with van der Waals surface area (Å²) >= 11 is 5.55. The van der Waals surface area contributed by atoms with Crippen LogP contribution in [0.15, 0.2) is 47.2 Å². The summed E-state index contributed by atoms with van der Waals surface area (Å²) in [6.45, 7) is 0. The Kier molecular flexibility index (Phi) is 3.22. The normalized spacial score (nSPS) is 11.2. The largest absolute Gasteiger partial charge is 0.329 e. The van der Waals surface area contributed by atoms with Gasteiger partial charge in [0.2, 0.25) is 0 Å². The molecule has 3 aromatic rings. The SMILES string of the molecule is O=c1c2nc[nH]c2ncn1Nc1cccc(C=CCl)c1. The first-order valence-corrected chi connectivity index (χ1v) is 6.26. The first-order valence-electron chi connectivity index (χ1n) is 5.82. The number of hydrogen-bond donors (Lipinski definition) is 2. The molecule has 1 aromatic carbocycles. The van der Waals surface area contributed by atoms with Gasteiger partial charge in [-0.05, 0) is 23.8 Å². The lowest BCUT2D eigenvalue weighted by molar-refractivity contribution is 0.876. The Balaban J connectivity index is 1.98. The van der Waals surface area contributed by atoms with E-state index in [9.17, 15) is 4.79 Å². The number of nitrogens with one attached hydrogen (secondary N) is 2. The molecule has 0 aliphatic heterocycles. The molecule has 0 unspecified atom stereocenters. The van der Waals surface area contributed by atoms with Crippen molar-refractivity contribution in [2.75, 3.05) is 5.43 Å². The Labute approximate surface area is 118 Å². The van der Waals surface area contributed by atoms with Gasteiger partial charge in [0.1, 0.15) is 6.33 Å². The molecule has 0 saturated heterocycles. The van der Waals surface area contributed by atoms with Gasteiger partial charge < -0.3 is 4.98 Å². The summed E-state index contributed by atoms with van der Waals surface area (Å²) in [5.41, 5.74) is 6.55. The molecule has 3 rings (SSSR count). The second-order valence-corrected chi connectivity index (χ2v) is 4.30. The lowest BCUT2D eigenvalue weighted by Gasteiger charge is -2.08. The summed E-state index contributed by atoms with van der Waals surface area (Å²) in [5.74, 6) is 0. The Morgan fingerprint density at radius 3 is 3.10 bits per heavy atom. The molecule has 7 heteroatoms. The van der Waals surface area contributed by atoms with Gasteiger partial charge in [0.15, 0.2) is 11.2 Å². The molecule has 0 fully saturated rings. The number of H-pyrrole nitrogens is 1. The maximum atomic E-state index is 12.1. The average molecular weight is 288 g/mol. The van der Waals surface area contributed by atoms with Gasteiger partial charge in [-0.2, -0.15) is 0 Å². The first-order chi connectivity index (χ1) is 9.78. The van der Waals surface area contributed by atoms with Crippen LogP contribution >= 0.6 is 11.6 Å². The summed E-state index contributed by atoms with van der Waals surface area (Å²) in [5, 5.41) is 0. The van der Waals surface area contributed by atoms with Crippen LogP contribution in [0.1, 0.15) is 5.56 Å². The molecule has 0 saturated carbocycles. The molecular formula is C13H10ClN5O. The highest BCUT2D eigenvalue weighted by Crippen LogP contribution is 2.12. The van der Waals surface area contributed by atoms with Crippen LogP contribution in [0.5, 0.6) is 0 Å². The zero-order valence-corrected chi connectivity index (χ0v) is 11.0. The highest BCUT2D eigenvalue weighted by atomic mass is 35.5. The van der Waals surface area contributed by atoms with E-state index in [2.05, 4.69) is 20.4 Å². The summed E-state index contributed by atoms with van der Waals surface area (Å²) in [6, 6.07) is 7.47. The minimum atomic E-state index is -0.269. The van der Waals surface area contributed by atoms with Crippen molar-refractivity contribution >= 4 is 34.5 Å². The third kappa shape index (κ3) is 2.28. The molecule has 0 spiro atoms. The predicted molar refractivity (Wildman–Crippen MR) is 78.5 cm³/mol. The Bertz CT molecular complexity index is 836. The van der Waals surface area contributed by atoms with E-state index < -0.39 is 0 Å². The van der Waals surface area contributed by atoms with Crippen LogP contribution in [-0.2, 0) is 0 Å². The van der Waals surface area contributed by atoms with Crippen molar-refractivity contribution in [3.05, 3.63) is 58.4 Å². The maximum Gasteiger partial charge on any atom is 0.300 e. The first kappa shape index (κ1) is 12.4. The smallest absolute Gasteiger partial charge is 0.300 e. The molecule has 20 heavy (non-hydrogen) atoms. The Morgan fingerprint density at radius 1 is 1.35 bits per heavy atom. The van der Waals surface area contributed by atoms with E-state index in [1.807, 2.05) is 24.3 Å². The summed E-state index contributed by atoms with van der Waals surface area (Å²) in [4.78, 5) is 23.0. The third-order valence-electron chi connectivity index (χ3n) is 2.73. The van der Waals surface area contributed by atoms with Crippen LogP contribution in [-0.4, -0.2) is 19.6 Å². The number of anilines is 1. The molecule has 2 heterocycles. The fourth-order valence-electron chi connectivity index (χ4n) is 1.83. The van der Waals surface area contributed by atoms with E-state index in [0.717, 1.165) is 11.3 Å². The van der Waals surface area contributed by atoms with Crippen molar-refractivity contribution < 1.29 is 0 Å². The second-order valence-electron chi connectivity index (χ2n) is 4.05. The van der Waals surface area contributed by atoms with Crippen LogP contribution in [0.4, 0.5) is 5.69 Å². The fourth-order valence-corrected chi connectivity index (χ4v) is 1.97. The van der Waals surface area contributed by atoms with Crippen molar-refractivity contribution in [3.8, 4) is 0 Å². The van der Waals surface area contributed by atoms with Crippen molar-refractivity contribution in [3.63, 3.8) is 0 Å². The number of benzene rings is 1. The number of aromatic amines is 1. The third-order valence-corrected chi connectivity index (χ3v) is 2.86. The maximum absolute atomic E-state index is 12.1. The van der Waals surface area contributed by atoms with E-state index in [-0.39, 0.29) is 11.1 Å². The Morgan fingerprint density at radius 2 is 2.25 bits per heavy atom. The molecular weight excluding hydrogens is 278 g/mol. The predicted octanol–water partition coefficient (Wildman–Crippen LogP) is 2.20. The fraction of sp³-hybridized carbons (Fsp3) is 0. The summed E-state index contributed by atoms with van der Waals surface area (Å²) in [6.07, 6.45) is 4.60. The molecule has 6 nitrogen and oxygen atoms in total. The van der Waals surface area contributed by atoms with Gasteiger partial charge in [-0.3, -0.25) is 10.2 Å². The Hall–Kier alpha value is -2.60. The van der Waals surface area contributed by atoms with Crippen LogP contribution in [0.2, 0.25) is 0 Å². The van der Waals surface area contributed by atoms with Gasteiger partial charge in [0, 0.05) is 5.54 Å². The van der Waals surface area contributed by atoms with Crippen LogP contribution in [0, 0.1) is 0 Å². The molecule has 0 amide bonds. The van der Waals surface area contributed by atoms with Crippen molar-refractivity contribution in [1.82, 2.24) is 19.6 Å². The van der Waals surface area contributed by atoms with Crippen LogP contribution < -0.4 is 11.0 Å². The average Bonchev–Trinajstić information content (AvgIpc) is 2.92. The summed E-state index contributed by atoms with van der Waals surface area (Å²) in [7, 11) is 0. The van der Waals surface area contributed by atoms with E-state index in [1.54, 1.807) is 6.08 Å². The van der Waals surface area contributed by atoms with E-state index in [0.29, 0.717) is 5.65 Å². The molecule has 0 atom stereocenters. The molecule has 2 aromatic heterocycles. The van der Waals surface area contributed by atoms with E-state index in [4.69, 9.17) is 11.6 Å². The summed E-state index contributed by atoms with van der Waals surface area (Å²) < 4.78 is 1.28. The van der Waals surface area contributed by atoms with Gasteiger partial charge in [-0.15, -0.1) is 0 Å². The van der Waals surface area contributed by atoms with Gasteiger partial charge in [-0.1, -0.05) is 23.7 Å². The van der Waals surface area contributed by atoms with Crippen LogP contribution in [0.25, 0.3) is 17.2 Å². The molecule has 0 aliphatic rings. The van der Waals surface area contributed by atoms with Crippen molar-refractivity contribution in [1.29, 1.82) is 0 Å². The monoisotopic (exact) mass is 287 g/mol. The zero-order valence-electron chi connectivity index (χ0n) is 10.2. The number of rotatable bonds is 3. The molecule has 0 bridgehead atoms. The minimum absolute atomic E-state index is 0.269. The highest BCUT2D eigenvalue weighted by Gasteiger charge is 2.06. The van der Waals surface area contributed by atoms with Gasteiger partial charge in [0.05, 0.1) is 12.0 Å². The van der Waals surface area contributed by atoms with Gasteiger partial charge >= 0.3 is 0 Å². The van der Waals surface area contributed by atoms with Crippen molar-refractivity contribution in [2.45, 2.75) is 0 Å². The molecule has 0 radical (unpaired) electrons. The minimum Gasteiger partial charge on any atom is -0.329 e. The standard InChI is InChI=1S/C13H10ClN5O/c14-5-4-9-2-1-3-10(6-9)18-19-8-17-12-11(13(19)20)15-7-16-12/h1-8,18H,(H,15,16). The number of fused-ring (bicyclic) bond motifs is 1. The molecule has 0 aliphatic carbocycles.